The van der Waals surface area contributed by atoms with Crippen molar-refractivity contribution < 1.29 is 4.92 Å². The maximum absolute atomic E-state index is 10.6. The molecule has 1 aromatic heterocycles. The first-order valence-electron chi connectivity index (χ1n) is 4.99. The molecule has 0 amide bonds. The SMILES string of the molecule is Nc1nc(N2CCC(N)C2)ccc1[N+](=O)[O-]. The van der Waals surface area contributed by atoms with Gasteiger partial charge in [-0.2, -0.15) is 0 Å². The first kappa shape index (κ1) is 10.6. The van der Waals surface area contributed by atoms with Gasteiger partial charge in [0.15, 0.2) is 0 Å². The number of pyridine rings is 1. The molecule has 0 aliphatic carbocycles. The van der Waals surface area contributed by atoms with Crippen molar-refractivity contribution in [1.82, 2.24) is 4.98 Å². The van der Waals surface area contributed by atoms with Crippen LogP contribution in [-0.4, -0.2) is 29.0 Å². The van der Waals surface area contributed by atoms with Gasteiger partial charge in [0.25, 0.3) is 0 Å². The number of aromatic nitrogens is 1. The molecule has 0 radical (unpaired) electrons. The third-order valence-corrected chi connectivity index (χ3v) is 2.63. The van der Waals surface area contributed by atoms with Gasteiger partial charge >= 0.3 is 5.69 Å². The predicted molar refractivity (Wildman–Crippen MR) is 60.1 cm³/mol. The van der Waals surface area contributed by atoms with E-state index < -0.39 is 4.92 Å². The van der Waals surface area contributed by atoms with Crippen molar-refractivity contribution in [3.63, 3.8) is 0 Å². The van der Waals surface area contributed by atoms with Gasteiger partial charge in [0.05, 0.1) is 4.92 Å². The Morgan fingerprint density at radius 1 is 1.56 bits per heavy atom. The zero-order valence-corrected chi connectivity index (χ0v) is 8.67. The second kappa shape index (κ2) is 3.93. The maximum atomic E-state index is 10.6. The molecule has 1 atom stereocenters. The van der Waals surface area contributed by atoms with Crippen LogP contribution in [0.4, 0.5) is 17.3 Å². The fourth-order valence-corrected chi connectivity index (χ4v) is 1.78. The number of nitrogens with two attached hydrogens (primary N) is 2. The minimum atomic E-state index is -0.540. The highest BCUT2D eigenvalue weighted by molar-refractivity contribution is 5.58. The molecule has 4 N–H and O–H groups in total. The van der Waals surface area contributed by atoms with Gasteiger partial charge in [-0.15, -0.1) is 0 Å². The van der Waals surface area contributed by atoms with Gasteiger partial charge in [0.2, 0.25) is 5.82 Å². The van der Waals surface area contributed by atoms with E-state index in [-0.39, 0.29) is 17.5 Å². The fraction of sp³-hybridized carbons (Fsp3) is 0.444. The molecule has 1 fully saturated rings. The number of nitrogens with zero attached hydrogens (tertiary/aromatic N) is 3. The molecule has 16 heavy (non-hydrogen) atoms. The summed E-state index contributed by atoms with van der Waals surface area (Å²) in [6.45, 7) is 1.52. The zero-order chi connectivity index (χ0) is 11.7. The molecule has 0 saturated carbocycles. The van der Waals surface area contributed by atoms with E-state index in [0.29, 0.717) is 12.4 Å². The molecule has 1 aromatic rings. The highest BCUT2D eigenvalue weighted by Crippen LogP contribution is 2.24. The molecule has 1 unspecified atom stereocenters. The van der Waals surface area contributed by atoms with E-state index in [4.69, 9.17) is 11.5 Å². The van der Waals surface area contributed by atoms with Gasteiger partial charge < -0.3 is 16.4 Å². The van der Waals surface area contributed by atoms with Gasteiger partial charge in [-0.05, 0) is 12.5 Å². The molecule has 0 spiro atoms. The molecule has 1 aliphatic heterocycles. The number of hydrogen-bond acceptors (Lipinski definition) is 6. The Kier molecular flexibility index (Phi) is 2.61. The van der Waals surface area contributed by atoms with Crippen molar-refractivity contribution in [2.75, 3.05) is 23.7 Å². The quantitative estimate of drug-likeness (QED) is 0.543. The highest BCUT2D eigenvalue weighted by atomic mass is 16.6. The lowest BCUT2D eigenvalue weighted by molar-refractivity contribution is -0.384. The van der Waals surface area contributed by atoms with Crippen LogP contribution in [0.1, 0.15) is 6.42 Å². The Labute approximate surface area is 92.2 Å². The summed E-state index contributed by atoms with van der Waals surface area (Å²) in [6.07, 6.45) is 0.901. The summed E-state index contributed by atoms with van der Waals surface area (Å²) in [5, 5.41) is 10.6. The van der Waals surface area contributed by atoms with Crippen LogP contribution in [-0.2, 0) is 0 Å². The molecule has 2 rings (SSSR count). The number of nitro groups is 1. The molecule has 86 valence electrons. The Balaban J connectivity index is 2.24. The molecule has 0 aromatic carbocycles. The van der Waals surface area contributed by atoms with E-state index in [1.807, 2.05) is 4.90 Å². The predicted octanol–water partition coefficient (Wildman–Crippen LogP) is 0.109. The van der Waals surface area contributed by atoms with Crippen molar-refractivity contribution in [1.29, 1.82) is 0 Å². The Hall–Kier alpha value is -1.89. The standard InChI is InChI=1S/C9H13N5O2/c10-6-3-4-13(5-6)8-2-1-7(14(15)16)9(11)12-8/h1-2,6H,3-5,10H2,(H2,11,12). The van der Waals surface area contributed by atoms with E-state index in [0.717, 1.165) is 13.0 Å². The van der Waals surface area contributed by atoms with Crippen LogP contribution in [0, 0.1) is 10.1 Å². The van der Waals surface area contributed by atoms with Crippen molar-refractivity contribution in [3.8, 4) is 0 Å². The van der Waals surface area contributed by atoms with Crippen LogP contribution in [0.5, 0.6) is 0 Å². The summed E-state index contributed by atoms with van der Waals surface area (Å²) in [5.74, 6) is 0.596. The second-order valence-electron chi connectivity index (χ2n) is 3.83. The van der Waals surface area contributed by atoms with E-state index in [1.54, 1.807) is 6.07 Å². The van der Waals surface area contributed by atoms with Gasteiger partial charge in [0, 0.05) is 25.2 Å². The summed E-state index contributed by atoms with van der Waals surface area (Å²) < 4.78 is 0. The monoisotopic (exact) mass is 223 g/mol. The highest BCUT2D eigenvalue weighted by Gasteiger charge is 2.22. The first-order chi connectivity index (χ1) is 7.58. The first-order valence-corrected chi connectivity index (χ1v) is 4.99. The lowest BCUT2D eigenvalue weighted by atomic mass is 10.3. The maximum Gasteiger partial charge on any atom is 0.311 e. The fourth-order valence-electron chi connectivity index (χ4n) is 1.78. The molecule has 7 nitrogen and oxygen atoms in total. The molecule has 1 aliphatic rings. The van der Waals surface area contributed by atoms with Gasteiger partial charge in [0.1, 0.15) is 5.82 Å². The normalized spacial score (nSPS) is 20.1. The van der Waals surface area contributed by atoms with Crippen molar-refractivity contribution >= 4 is 17.3 Å². The lowest BCUT2D eigenvalue weighted by Gasteiger charge is -2.16. The van der Waals surface area contributed by atoms with Crippen LogP contribution in [0.25, 0.3) is 0 Å². The van der Waals surface area contributed by atoms with Crippen LogP contribution >= 0.6 is 0 Å². The van der Waals surface area contributed by atoms with Gasteiger partial charge in [-0.3, -0.25) is 10.1 Å². The van der Waals surface area contributed by atoms with Crippen LogP contribution < -0.4 is 16.4 Å². The molecular weight excluding hydrogens is 210 g/mol. The van der Waals surface area contributed by atoms with Crippen molar-refractivity contribution in [2.45, 2.75) is 12.5 Å². The second-order valence-corrected chi connectivity index (χ2v) is 3.83. The van der Waals surface area contributed by atoms with Crippen LogP contribution in [0.15, 0.2) is 12.1 Å². The van der Waals surface area contributed by atoms with E-state index in [1.165, 1.54) is 6.07 Å². The average molecular weight is 223 g/mol. The summed E-state index contributed by atoms with van der Waals surface area (Å²) in [4.78, 5) is 16.0. The van der Waals surface area contributed by atoms with Gasteiger partial charge in [-0.25, -0.2) is 4.98 Å². The van der Waals surface area contributed by atoms with E-state index >= 15 is 0 Å². The number of rotatable bonds is 2. The van der Waals surface area contributed by atoms with Crippen LogP contribution in [0.2, 0.25) is 0 Å². The molecule has 2 heterocycles. The third-order valence-electron chi connectivity index (χ3n) is 2.63. The lowest BCUT2D eigenvalue weighted by Crippen LogP contribution is -2.27. The summed E-state index contributed by atoms with van der Waals surface area (Å²) >= 11 is 0. The number of anilines is 2. The Morgan fingerprint density at radius 3 is 2.81 bits per heavy atom. The molecular formula is C9H13N5O2. The average Bonchev–Trinajstić information content (AvgIpc) is 2.64. The summed E-state index contributed by atoms with van der Waals surface area (Å²) in [5.41, 5.74) is 11.1. The minimum absolute atomic E-state index is 0.0528. The number of nitrogen functional groups attached to an aromatic ring is 1. The van der Waals surface area contributed by atoms with Crippen molar-refractivity contribution in [2.24, 2.45) is 5.73 Å². The van der Waals surface area contributed by atoms with Gasteiger partial charge in [-0.1, -0.05) is 0 Å². The summed E-state index contributed by atoms with van der Waals surface area (Å²) in [6, 6.07) is 3.12. The smallest absolute Gasteiger partial charge is 0.311 e. The largest absolute Gasteiger partial charge is 0.378 e. The number of hydrogen-bond donors (Lipinski definition) is 2. The molecule has 7 heteroatoms. The molecule has 0 bridgehead atoms. The Morgan fingerprint density at radius 2 is 2.31 bits per heavy atom. The van der Waals surface area contributed by atoms with Crippen molar-refractivity contribution in [3.05, 3.63) is 22.2 Å². The van der Waals surface area contributed by atoms with Crippen LogP contribution in [0.3, 0.4) is 0 Å². The van der Waals surface area contributed by atoms with E-state index in [9.17, 15) is 10.1 Å². The van der Waals surface area contributed by atoms with E-state index in [2.05, 4.69) is 4.98 Å². The topological polar surface area (TPSA) is 111 Å². The summed E-state index contributed by atoms with van der Waals surface area (Å²) in [7, 11) is 0. The zero-order valence-electron chi connectivity index (χ0n) is 8.67. The minimum Gasteiger partial charge on any atom is -0.378 e. The Bertz CT molecular complexity index is 422. The third kappa shape index (κ3) is 1.89. The molecule has 1 saturated heterocycles.